The Balaban J connectivity index is 1.48. The Labute approximate surface area is 190 Å². The van der Waals surface area contributed by atoms with Gasteiger partial charge in [0.1, 0.15) is 0 Å². The van der Waals surface area contributed by atoms with E-state index < -0.39 is 9.84 Å². The molecule has 0 radical (unpaired) electrons. The maximum absolute atomic E-state index is 11.5. The fourth-order valence-electron chi connectivity index (χ4n) is 2.96. The Hall–Kier alpha value is -1.80. The van der Waals surface area contributed by atoms with Crippen LogP contribution in [0.2, 0.25) is 0 Å². The minimum Gasteiger partial charge on any atom is -0.377 e. The van der Waals surface area contributed by atoms with Crippen molar-refractivity contribution in [1.29, 1.82) is 0 Å². The number of carbonyl (C=O) groups is 1. The van der Waals surface area contributed by atoms with Crippen LogP contribution in [-0.4, -0.2) is 113 Å². The average molecular weight is 471 g/mol. The molecule has 1 aromatic heterocycles. The zero-order chi connectivity index (χ0) is 23.4. The van der Waals surface area contributed by atoms with Crippen molar-refractivity contribution < 1.29 is 27.4 Å². The molecule has 13 heteroatoms. The highest BCUT2D eigenvalue weighted by molar-refractivity contribution is 7.91. The summed E-state index contributed by atoms with van der Waals surface area (Å²) in [6.07, 6.45) is 0. The highest BCUT2D eigenvalue weighted by atomic mass is 32.2. The number of ether oxygens (including phenoxy) is 3. The summed E-state index contributed by atoms with van der Waals surface area (Å²) in [7, 11) is -0.919. The molecule has 1 saturated heterocycles. The molecular weight excluding hydrogens is 437 g/mol. The summed E-state index contributed by atoms with van der Waals surface area (Å²) in [5, 5.41) is 11.1. The highest BCUT2D eigenvalue weighted by Crippen LogP contribution is 2.06. The topological polar surface area (TPSA) is 125 Å². The van der Waals surface area contributed by atoms with E-state index in [4.69, 9.17) is 14.2 Å². The van der Waals surface area contributed by atoms with Gasteiger partial charge in [-0.1, -0.05) is 11.8 Å². The second-order valence-electron chi connectivity index (χ2n) is 7.65. The molecule has 1 aromatic rings. The Kier molecular flexibility index (Phi) is 11.3. The lowest BCUT2D eigenvalue weighted by Gasteiger charge is -2.25. The minimum atomic E-state index is -2.88. The fourth-order valence-corrected chi connectivity index (χ4v) is 4.23. The van der Waals surface area contributed by atoms with Crippen LogP contribution in [0.15, 0.2) is 12.2 Å². The lowest BCUT2D eigenvalue weighted by molar-refractivity contribution is -0.117. The van der Waals surface area contributed by atoms with E-state index in [0.29, 0.717) is 77.9 Å². The number of hydrogen-bond donors (Lipinski definition) is 1. The van der Waals surface area contributed by atoms with Crippen LogP contribution in [0.3, 0.4) is 0 Å². The lowest BCUT2D eigenvalue weighted by atomic mass is 10.0. The van der Waals surface area contributed by atoms with Gasteiger partial charge in [-0.2, -0.15) is 0 Å². The van der Waals surface area contributed by atoms with Crippen LogP contribution >= 0.6 is 0 Å². The molecule has 0 saturated carbocycles. The van der Waals surface area contributed by atoms with Gasteiger partial charge >= 0.3 is 0 Å². The zero-order valence-electron chi connectivity index (χ0n) is 19.0. The molecule has 1 fully saturated rings. The number of nitrogens with zero attached hydrogens (tertiary/aromatic N) is 4. The normalized spacial score (nSPS) is 16.2. The summed E-state index contributed by atoms with van der Waals surface area (Å²) in [6.45, 7) is 10.7. The molecule has 1 N–H and O–H groups in total. The fraction of sp³-hybridized carbons (Fsp3) is 0.737. The van der Waals surface area contributed by atoms with Gasteiger partial charge in [-0.05, 0) is 6.92 Å². The number of amides is 1. The molecule has 1 amide bonds. The van der Waals surface area contributed by atoms with Crippen LogP contribution in [0.25, 0.3) is 0 Å². The summed E-state index contributed by atoms with van der Waals surface area (Å²) in [5.41, 5.74) is 2.31. The second kappa shape index (κ2) is 13.7. The van der Waals surface area contributed by atoms with Gasteiger partial charge < -0.3 is 19.5 Å². The Morgan fingerprint density at radius 3 is 2.31 bits per heavy atom. The van der Waals surface area contributed by atoms with E-state index in [1.165, 1.54) is 0 Å². The van der Waals surface area contributed by atoms with Crippen LogP contribution in [-0.2, 0) is 41.9 Å². The molecule has 2 heterocycles. The molecule has 0 aromatic carbocycles. The van der Waals surface area contributed by atoms with Crippen molar-refractivity contribution in [2.24, 2.45) is 0 Å². The quantitative estimate of drug-likeness (QED) is 0.168. The van der Waals surface area contributed by atoms with Gasteiger partial charge in [-0.3, -0.25) is 14.4 Å². The Bertz CT molecular complexity index is 833. The van der Waals surface area contributed by atoms with Crippen LogP contribution in [0, 0.1) is 0 Å². The third-order valence-electron chi connectivity index (χ3n) is 5.00. The molecule has 180 valence electrons. The van der Waals surface area contributed by atoms with Crippen molar-refractivity contribution in [2.75, 3.05) is 70.8 Å². The first kappa shape index (κ1) is 26.5. The van der Waals surface area contributed by atoms with E-state index in [1.807, 2.05) is 7.85 Å². The summed E-state index contributed by atoms with van der Waals surface area (Å²) < 4.78 is 41.3. The molecule has 1 aliphatic heterocycles. The van der Waals surface area contributed by atoms with Gasteiger partial charge in [-0.15, -0.1) is 5.10 Å². The van der Waals surface area contributed by atoms with Crippen molar-refractivity contribution in [2.45, 2.75) is 20.0 Å². The number of aromatic nitrogens is 3. The zero-order valence-corrected chi connectivity index (χ0v) is 19.9. The molecule has 1 aliphatic rings. The first-order chi connectivity index (χ1) is 15.3. The first-order valence-electron chi connectivity index (χ1n) is 10.8. The molecule has 0 bridgehead atoms. The van der Waals surface area contributed by atoms with E-state index >= 15 is 0 Å². The number of rotatable bonds is 15. The minimum absolute atomic E-state index is 0.168. The predicted molar refractivity (Wildman–Crippen MR) is 122 cm³/mol. The van der Waals surface area contributed by atoms with Crippen LogP contribution < -0.4 is 10.9 Å². The van der Waals surface area contributed by atoms with Crippen LogP contribution in [0.5, 0.6) is 0 Å². The van der Waals surface area contributed by atoms with Gasteiger partial charge in [0, 0.05) is 37.3 Å². The molecule has 0 atom stereocenters. The highest BCUT2D eigenvalue weighted by Gasteiger charge is 2.23. The predicted octanol–water partition coefficient (Wildman–Crippen LogP) is -2.49. The number of carbonyl (C=O) groups excluding carboxylic acids is 1. The van der Waals surface area contributed by atoms with Crippen molar-refractivity contribution in [3.8, 4) is 0 Å². The van der Waals surface area contributed by atoms with E-state index in [9.17, 15) is 13.2 Å². The van der Waals surface area contributed by atoms with Gasteiger partial charge in [-0.25, -0.2) is 8.42 Å². The monoisotopic (exact) mass is 471 g/mol. The smallest absolute Gasteiger partial charge is 0.246 e. The number of sulfone groups is 1. The van der Waals surface area contributed by atoms with Crippen LogP contribution in [0.1, 0.15) is 12.6 Å². The van der Waals surface area contributed by atoms with Crippen molar-refractivity contribution in [3.05, 3.63) is 17.8 Å². The third-order valence-corrected chi connectivity index (χ3v) is 6.61. The lowest BCUT2D eigenvalue weighted by Crippen LogP contribution is -2.40. The maximum atomic E-state index is 11.5. The van der Waals surface area contributed by atoms with Gasteiger partial charge in [0.15, 0.2) is 17.7 Å². The Morgan fingerprint density at radius 2 is 1.69 bits per heavy atom. The summed E-state index contributed by atoms with van der Waals surface area (Å²) >= 11 is 0. The first-order valence-corrected chi connectivity index (χ1v) is 12.6. The average Bonchev–Trinajstić information content (AvgIpc) is 3.09. The number of hydrogen-bond acceptors (Lipinski definition) is 9. The van der Waals surface area contributed by atoms with E-state index in [2.05, 4.69) is 27.1 Å². The van der Waals surface area contributed by atoms with E-state index in [-0.39, 0.29) is 17.4 Å². The Morgan fingerprint density at radius 1 is 1.09 bits per heavy atom. The molecule has 11 nitrogen and oxygen atoms in total. The van der Waals surface area contributed by atoms with Gasteiger partial charge in [0.05, 0.1) is 63.4 Å². The molecular formula is C19H34BN5O6S. The molecule has 0 aliphatic carbocycles. The summed E-state index contributed by atoms with van der Waals surface area (Å²) in [6, 6.07) is 0. The maximum Gasteiger partial charge on any atom is 0.246 e. The van der Waals surface area contributed by atoms with E-state index in [0.717, 1.165) is 11.3 Å². The van der Waals surface area contributed by atoms with Crippen molar-refractivity contribution >= 4 is 29.2 Å². The molecule has 0 spiro atoms. The van der Waals surface area contributed by atoms with Gasteiger partial charge in [0.2, 0.25) is 5.91 Å². The summed E-state index contributed by atoms with van der Waals surface area (Å²) in [4.78, 5) is 13.4. The second-order valence-corrected chi connectivity index (χ2v) is 9.95. The van der Waals surface area contributed by atoms with Crippen molar-refractivity contribution in [1.82, 2.24) is 25.2 Å². The molecule has 32 heavy (non-hydrogen) atoms. The van der Waals surface area contributed by atoms with Crippen molar-refractivity contribution in [3.63, 3.8) is 0 Å². The summed E-state index contributed by atoms with van der Waals surface area (Å²) in [5.74, 6) is 0.241. The van der Waals surface area contributed by atoms with E-state index in [1.54, 1.807) is 11.6 Å². The largest absolute Gasteiger partial charge is 0.377 e. The number of nitrogens with one attached hydrogen (secondary N) is 1. The molecule has 0 unspecified atom stereocenters. The third kappa shape index (κ3) is 9.78. The van der Waals surface area contributed by atoms with Crippen LogP contribution in [0.4, 0.5) is 0 Å². The van der Waals surface area contributed by atoms with Gasteiger partial charge in [0.25, 0.3) is 0 Å². The SMILES string of the molecule is Bc1c(CN2CCS(=O)(=O)CC2)nnn1CCOCCOCCOCCNC(=O)C(=C)C. The molecule has 2 rings (SSSR count). The standard InChI is InChI=1S/C19H34BN5O6S/c1-16(2)19(26)21-3-7-29-9-11-31-12-10-30-8-4-25-18(20)17(22-23-25)15-24-5-13-32(27,28)14-6-24/h1,3-15,20H2,2H3,(H,21,26).